The Bertz CT molecular complexity index is 1770. The van der Waals surface area contributed by atoms with Gasteiger partial charge in [0.05, 0.1) is 38.6 Å². The van der Waals surface area contributed by atoms with Gasteiger partial charge in [0.15, 0.2) is 17.3 Å². The number of carboxylic acid groups (broad SMARTS) is 1. The maximum Gasteiger partial charge on any atom is 0.336 e. The maximum atomic E-state index is 14.1. The number of nitrogens with zero attached hydrogens (tertiary/aromatic N) is 2. The predicted molar refractivity (Wildman–Crippen MR) is 163 cm³/mol. The number of aliphatic carboxylic acids is 1. The van der Waals surface area contributed by atoms with Crippen molar-refractivity contribution in [2.24, 2.45) is 0 Å². The van der Waals surface area contributed by atoms with Gasteiger partial charge in [0.25, 0.3) is 0 Å². The van der Waals surface area contributed by atoms with Crippen LogP contribution >= 0.6 is 11.7 Å². The van der Waals surface area contributed by atoms with Gasteiger partial charge in [-0.25, -0.2) is 4.79 Å². The Labute approximate surface area is 252 Å². The third kappa shape index (κ3) is 6.49. The summed E-state index contributed by atoms with van der Waals surface area (Å²) in [5, 5.41) is 10.5. The van der Waals surface area contributed by atoms with E-state index >= 15 is 0 Å². The van der Waals surface area contributed by atoms with Gasteiger partial charge in [-0.05, 0) is 65.2 Å². The number of fused-ring (bicyclic) bond motifs is 1. The Kier molecular flexibility index (Phi) is 8.97. The number of hydrogen-bond donors (Lipinski definition) is 1. The van der Waals surface area contributed by atoms with Crippen LogP contribution in [0.25, 0.3) is 16.6 Å². The summed E-state index contributed by atoms with van der Waals surface area (Å²) in [7, 11) is 4.47. The molecule has 5 rings (SSSR count). The van der Waals surface area contributed by atoms with Gasteiger partial charge in [0, 0.05) is 17.6 Å². The number of aromatic nitrogens is 2. The molecule has 0 saturated heterocycles. The van der Waals surface area contributed by atoms with Crippen molar-refractivity contribution >= 4 is 40.1 Å². The van der Waals surface area contributed by atoms with Crippen molar-refractivity contribution in [1.29, 1.82) is 0 Å². The molecule has 0 aliphatic heterocycles. The Hall–Kier alpha value is -5.22. The second-order valence-electron chi connectivity index (χ2n) is 9.46. The molecule has 0 aliphatic rings. The zero-order valence-corrected chi connectivity index (χ0v) is 24.5. The highest BCUT2D eigenvalue weighted by Gasteiger charge is 2.26. The molecule has 43 heavy (non-hydrogen) atoms. The average molecular weight is 597 g/mol. The molecular weight excluding hydrogens is 568 g/mol. The molecule has 0 atom stereocenters. The molecule has 4 aromatic carbocycles. The van der Waals surface area contributed by atoms with Crippen LogP contribution in [0.15, 0.2) is 90.5 Å². The molecule has 10 heteroatoms. The van der Waals surface area contributed by atoms with Crippen molar-refractivity contribution in [2.45, 2.75) is 13.0 Å². The number of carbonyl (C=O) groups is 2. The van der Waals surface area contributed by atoms with Gasteiger partial charge in [-0.1, -0.05) is 36.4 Å². The van der Waals surface area contributed by atoms with Gasteiger partial charge in [-0.15, -0.1) is 0 Å². The van der Waals surface area contributed by atoms with E-state index < -0.39 is 11.8 Å². The van der Waals surface area contributed by atoms with E-state index in [9.17, 15) is 14.7 Å². The van der Waals surface area contributed by atoms with Crippen LogP contribution in [-0.2, 0) is 17.8 Å². The lowest BCUT2D eigenvalue weighted by Gasteiger charge is -2.17. The van der Waals surface area contributed by atoms with E-state index in [4.69, 9.17) is 18.9 Å². The highest BCUT2D eigenvalue weighted by molar-refractivity contribution is 7.00. The van der Waals surface area contributed by atoms with E-state index in [1.54, 1.807) is 54.6 Å². The Morgan fingerprint density at radius 3 is 2.02 bits per heavy atom. The van der Waals surface area contributed by atoms with Gasteiger partial charge < -0.3 is 24.1 Å². The number of carbonyl (C=O) groups excluding carboxylic acids is 1. The molecule has 1 N–H and O–H groups in total. The number of hydrogen-bond acceptors (Lipinski definition) is 9. The first kappa shape index (κ1) is 29.3. The fraction of sp³-hybridized carbons (Fsp3) is 0.152. The molecule has 0 saturated carbocycles. The average Bonchev–Trinajstić information content (AvgIpc) is 3.51. The molecule has 0 fully saturated rings. The lowest BCUT2D eigenvalue weighted by molar-refractivity contribution is -0.130. The molecule has 1 heterocycles. The number of Topliss-reactive ketones (excluding diaryl/α,β-unsaturated/α-hetero) is 1. The number of ketones is 1. The normalized spacial score (nSPS) is 11.5. The summed E-state index contributed by atoms with van der Waals surface area (Å²) < 4.78 is 30.8. The van der Waals surface area contributed by atoms with Crippen molar-refractivity contribution in [2.75, 3.05) is 21.3 Å². The number of benzene rings is 4. The first-order valence-corrected chi connectivity index (χ1v) is 13.9. The number of ether oxygens (including phenoxy) is 4. The van der Waals surface area contributed by atoms with Crippen molar-refractivity contribution < 1.29 is 33.6 Å². The van der Waals surface area contributed by atoms with E-state index in [1.165, 1.54) is 21.3 Å². The summed E-state index contributed by atoms with van der Waals surface area (Å²) in [6.45, 7) is 0.373. The number of methoxy groups -OCH3 is 3. The maximum absolute atomic E-state index is 14.1. The van der Waals surface area contributed by atoms with Crippen LogP contribution in [0.4, 0.5) is 0 Å². The number of rotatable bonds is 12. The predicted octanol–water partition coefficient (Wildman–Crippen LogP) is 6.26. The van der Waals surface area contributed by atoms with Gasteiger partial charge in [-0.3, -0.25) is 4.79 Å². The summed E-state index contributed by atoms with van der Waals surface area (Å²) in [6.07, 6.45) is -0.0310. The number of carboxylic acids is 1. The zero-order chi connectivity index (χ0) is 30.3. The minimum Gasteiger partial charge on any atom is -0.493 e. The monoisotopic (exact) mass is 596 g/mol. The van der Waals surface area contributed by atoms with Gasteiger partial charge >= 0.3 is 5.97 Å². The zero-order valence-electron chi connectivity index (χ0n) is 23.7. The molecule has 0 aliphatic carbocycles. The molecule has 9 nitrogen and oxygen atoms in total. The summed E-state index contributed by atoms with van der Waals surface area (Å²) in [6, 6.07) is 24.7. The summed E-state index contributed by atoms with van der Waals surface area (Å²) in [5.41, 5.74) is 3.37. The van der Waals surface area contributed by atoms with Crippen LogP contribution in [0.5, 0.6) is 23.0 Å². The third-order valence-electron chi connectivity index (χ3n) is 6.80. The minimum absolute atomic E-state index is 0.0310. The summed E-state index contributed by atoms with van der Waals surface area (Å²) >= 11 is 1.03. The van der Waals surface area contributed by atoms with Crippen molar-refractivity contribution in [3.05, 3.63) is 113 Å². The Balaban J connectivity index is 1.57. The van der Waals surface area contributed by atoms with Gasteiger partial charge in [-0.2, -0.15) is 8.75 Å². The summed E-state index contributed by atoms with van der Waals surface area (Å²) in [5.74, 6) is 0.0383. The fourth-order valence-corrected chi connectivity index (χ4v) is 5.22. The summed E-state index contributed by atoms with van der Waals surface area (Å²) in [4.78, 5) is 27.0. The molecule has 0 spiro atoms. The van der Waals surface area contributed by atoms with Crippen LogP contribution in [0.3, 0.4) is 0 Å². The largest absolute Gasteiger partial charge is 0.493 e. The number of allylic oxidation sites excluding steroid dienone is 1. The molecule has 1 aromatic heterocycles. The molecule has 0 unspecified atom stereocenters. The molecule has 0 radical (unpaired) electrons. The third-order valence-corrected chi connectivity index (χ3v) is 7.36. The van der Waals surface area contributed by atoms with E-state index in [1.807, 2.05) is 30.3 Å². The van der Waals surface area contributed by atoms with Gasteiger partial charge in [0.1, 0.15) is 23.4 Å². The van der Waals surface area contributed by atoms with Crippen molar-refractivity contribution in [1.82, 2.24) is 8.75 Å². The second-order valence-corrected chi connectivity index (χ2v) is 9.99. The Morgan fingerprint density at radius 1 is 0.744 bits per heavy atom. The highest BCUT2D eigenvalue weighted by atomic mass is 32.1. The molecule has 0 amide bonds. The molecule has 5 aromatic rings. The van der Waals surface area contributed by atoms with Crippen molar-refractivity contribution in [3.63, 3.8) is 0 Å². The lowest BCUT2D eigenvalue weighted by Crippen LogP contribution is -2.14. The van der Waals surface area contributed by atoms with Crippen molar-refractivity contribution in [3.8, 4) is 23.0 Å². The molecule has 0 bridgehead atoms. The molecular formula is C33H28N2O7S. The van der Waals surface area contributed by atoms with Crippen LogP contribution < -0.4 is 18.9 Å². The van der Waals surface area contributed by atoms with Crippen LogP contribution in [0, 0.1) is 0 Å². The SMILES string of the molecule is COc1cc(CC(C(=O)c2ccc(OCc3ccccc3)cc2)=C(C(=O)O)c2ccc3nsnc3c2)cc(OC)c1OC. The molecule has 218 valence electrons. The topological polar surface area (TPSA) is 117 Å². The van der Waals surface area contributed by atoms with E-state index in [0.29, 0.717) is 57.3 Å². The van der Waals surface area contributed by atoms with E-state index in [2.05, 4.69) is 8.75 Å². The van der Waals surface area contributed by atoms with Crippen LogP contribution in [-0.4, -0.2) is 46.9 Å². The first-order valence-electron chi connectivity index (χ1n) is 13.2. The smallest absolute Gasteiger partial charge is 0.336 e. The van der Waals surface area contributed by atoms with Crippen LogP contribution in [0.1, 0.15) is 27.0 Å². The second kappa shape index (κ2) is 13.2. The fourth-order valence-electron chi connectivity index (χ4n) is 4.71. The van der Waals surface area contributed by atoms with Gasteiger partial charge in [0.2, 0.25) is 5.75 Å². The lowest BCUT2D eigenvalue weighted by atomic mass is 9.89. The minimum atomic E-state index is -1.25. The van der Waals surface area contributed by atoms with Crippen LogP contribution in [0.2, 0.25) is 0 Å². The van der Waals surface area contributed by atoms with E-state index in [-0.39, 0.29) is 17.6 Å². The highest BCUT2D eigenvalue weighted by Crippen LogP contribution is 2.39. The quantitative estimate of drug-likeness (QED) is 0.132. The van der Waals surface area contributed by atoms with E-state index in [0.717, 1.165) is 17.3 Å². The Morgan fingerprint density at radius 2 is 1.40 bits per heavy atom. The first-order chi connectivity index (χ1) is 20.9. The standard InChI is InChI=1S/C33H28N2O7S/c1-39-28-16-21(17-29(40-2)32(28)41-3)15-25(30(33(37)38)23-11-14-26-27(18-23)35-43-34-26)31(36)22-9-12-24(13-10-22)42-19-20-7-5-4-6-8-20/h4-14,16-18H,15,19H2,1-3H3,(H,37,38).